The summed E-state index contributed by atoms with van der Waals surface area (Å²) < 4.78 is 8.29. The summed E-state index contributed by atoms with van der Waals surface area (Å²) in [5, 5.41) is 1.21. The van der Waals surface area contributed by atoms with Gasteiger partial charge in [-0.3, -0.25) is 9.69 Å². The van der Waals surface area contributed by atoms with E-state index >= 15 is 0 Å². The number of thioether (sulfide) groups is 1. The molecule has 1 aromatic carbocycles. The molecule has 4 heterocycles. The Labute approximate surface area is 193 Å². The first kappa shape index (κ1) is 21.3. The highest BCUT2D eigenvalue weighted by molar-refractivity contribution is 7.98. The van der Waals surface area contributed by atoms with E-state index < -0.39 is 0 Å². The van der Waals surface area contributed by atoms with Gasteiger partial charge in [-0.15, -0.1) is 11.8 Å². The highest BCUT2D eigenvalue weighted by Gasteiger charge is 2.26. The van der Waals surface area contributed by atoms with Gasteiger partial charge in [0.2, 0.25) is 5.91 Å². The number of ether oxygens (including phenoxy) is 1. The van der Waals surface area contributed by atoms with Gasteiger partial charge in [0.1, 0.15) is 17.7 Å². The second-order valence-corrected chi connectivity index (χ2v) is 9.52. The first-order valence-electron chi connectivity index (χ1n) is 11.5. The Balaban J connectivity index is 1.17. The average molecular weight is 451 g/mol. The number of hydrogen-bond donors (Lipinski definition) is 0. The number of carbonyl (C=O) groups is 1. The molecule has 3 aromatic rings. The molecule has 0 bridgehead atoms. The van der Waals surface area contributed by atoms with E-state index in [-0.39, 0.29) is 12.0 Å². The van der Waals surface area contributed by atoms with E-state index in [1.807, 2.05) is 23.2 Å². The third kappa shape index (κ3) is 4.64. The van der Waals surface area contributed by atoms with E-state index in [9.17, 15) is 4.79 Å². The minimum absolute atomic E-state index is 0.135. The van der Waals surface area contributed by atoms with Gasteiger partial charge in [-0.05, 0) is 68.6 Å². The lowest BCUT2D eigenvalue weighted by molar-refractivity contribution is -0.134. The van der Waals surface area contributed by atoms with Gasteiger partial charge < -0.3 is 14.2 Å². The number of hydrogen-bond acceptors (Lipinski definition) is 5. The molecule has 5 rings (SSSR count). The molecular weight excluding hydrogens is 420 g/mol. The third-order valence-corrected chi connectivity index (χ3v) is 7.25. The molecule has 168 valence electrons. The predicted octanol–water partition coefficient (Wildman–Crippen LogP) is 4.21. The van der Waals surface area contributed by atoms with Gasteiger partial charge in [0, 0.05) is 42.4 Å². The maximum atomic E-state index is 12.5. The van der Waals surface area contributed by atoms with Crippen LogP contribution >= 0.6 is 11.8 Å². The smallest absolute Gasteiger partial charge is 0.236 e. The van der Waals surface area contributed by atoms with Crippen molar-refractivity contribution in [1.82, 2.24) is 19.4 Å². The van der Waals surface area contributed by atoms with Gasteiger partial charge in [-0.2, -0.15) is 0 Å². The topological polar surface area (TPSA) is 50.6 Å². The Hall–Kier alpha value is -2.51. The van der Waals surface area contributed by atoms with Crippen LogP contribution in [-0.2, 0) is 4.79 Å². The lowest BCUT2D eigenvalue weighted by Gasteiger charge is -2.33. The molecule has 0 saturated carbocycles. The number of nitrogens with zero attached hydrogens (tertiary/aromatic N) is 4. The lowest BCUT2D eigenvalue weighted by atomic mass is 10.1. The number of rotatable bonds is 6. The SMILES string of the molecule is CSc1ccc2c(ccn2-c2ccc(OC3CCN(C(=O)CN4CCCC4)CC3)cn2)c1. The fourth-order valence-electron chi connectivity index (χ4n) is 4.68. The van der Waals surface area contributed by atoms with Crippen LogP contribution in [0.15, 0.2) is 53.7 Å². The molecule has 2 saturated heterocycles. The monoisotopic (exact) mass is 450 g/mol. The highest BCUT2D eigenvalue weighted by atomic mass is 32.2. The number of pyridine rings is 1. The minimum Gasteiger partial charge on any atom is -0.489 e. The molecular formula is C25H30N4O2S. The van der Waals surface area contributed by atoms with Crippen molar-refractivity contribution in [3.05, 3.63) is 48.8 Å². The van der Waals surface area contributed by atoms with Crippen LogP contribution < -0.4 is 4.74 Å². The fraction of sp³-hybridized carbons (Fsp3) is 0.440. The maximum Gasteiger partial charge on any atom is 0.236 e. The van der Waals surface area contributed by atoms with Crippen LogP contribution in [0.1, 0.15) is 25.7 Å². The Bertz CT molecular complexity index is 1070. The molecule has 1 amide bonds. The molecule has 0 N–H and O–H groups in total. The number of amides is 1. The Morgan fingerprint density at radius 1 is 1.09 bits per heavy atom. The summed E-state index contributed by atoms with van der Waals surface area (Å²) in [5.41, 5.74) is 1.15. The van der Waals surface area contributed by atoms with Gasteiger partial charge in [-0.1, -0.05) is 0 Å². The molecule has 0 atom stereocenters. The molecule has 0 unspecified atom stereocenters. The number of likely N-dealkylation sites (tertiary alicyclic amines) is 2. The molecule has 6 nitrogen and oxygen atoms in total. The van der Waals surface area contributed by atoms with Gasteiger partial charge in [0.05, 0.1) is 18.3 Å². The molecule has 7 heteroatoms. The molecule has 0 aliphatic carbocycles. The predicted molar refractivity (Wildman–Crippen MR) is 129 cm³/mol. The summed E-state index contributed by atoms with van der Waals surface area (Å²) in [5.74, 6) is 1.93. The van der Waals surface area contributed by atoms with E-state index in [2.05, 4.69) is 51.2 Å². The summed E-state index contributed by atoms with van der Waals surface area (Å²) in [6.45, 7) is 4.24. The van der Waals surface area contributed by atoms with Crippen molar-refractivity contribution in [2.24, 2.45) is 0 Å². The van der Waals surface area contributed by atoms with E-state index in [1.165, 1.54) is 23.1 Å². The highest BCUT2D eigenvalue weighted by Crippen LogP contribution is 2.26. The van der Waals surface area contributed by atoms with Crippen molar-refractivity contribution in [1.29, 1.82) is 0 Å². The van der Waals surface area contributed by atoms with Crippen molar-refractivity contribution in [3.8, 4) is 11.6 Å². The lowest BCUT2D eigenvalue weighted by Crippen LogP contribution is -2.45. The number of piperidine rings is 1. The van der Waals surface area contributed by atoms with E-state index in [0.717, 1.165) is 56.1 Å². The fourth-order valence-corrected chi connectivity index (χ4v) is 5.13. The molecule has 32 heavy (non-hydrogen) atoms. The zero-order valence-corrected chi connectivity index (χ0v) is 19.4. The largest absolute Gasteiger partial charge is 0.489 e. The van der Waals surface area contributed by atoms with Crippen LogP contribution in [0.25, 0.3) is 16.7 Å². The van der Waals surface area contributed by atoms with Crippen LogP contribution in [0, 0.1) is 0 Å². The maximum absolute atomic E-state index is 12.5. The quantitative estimate of drug-likeness (QED) is 0.527. The van der Waals surface area contributed by atoms with Crippen molar-refractivity contribution < 1.29 is 9.53 Å². The van der Waals surface area contributed by atoms with Crippen LogP contribution in [0.2, 0.25) is 0 Å². The summed E-state index contributed by atoms with van der Waals surface area (Å²) in [7, 11) is 0. The van der Waals surface area contributed by atoms with E-state index in [0.29, 0.717) is 6.54 Å². The minimum atomic E-state index is 0.135. The van der Waals surface area contributed by atoms with Crippen molar-refractivity contribution in [2.45, 2.75) is 36.7 Å². The Morgan fingerprint density at radius 3 is 2.62 bits per heavy atom. The number of aromatic nitrogens is 2. The third-order valence-electron chi connectivity index (χ3n) is 6.52. The normalized spacial score (nSPS) is 17.8. The van der Waals surface area contributed by atoms with E-state index in [1.54, 1.807) is 11.8 Å². The summed E-state index contributed by atoms with van der Waals surface area (Å²) >= 11 is 1.75. The summed E-state index contributed by atoms with van der Waals surface area (Å²) in [4.78, 5) is 22.7. The number of carbonyl (C=O) groups excluding carboxylic acids is 1. The number of fused-ring (bicyclic) bond motifs is 1. The van der Waals surface area contributed by atoms with Crippen LogP contribution in [0.5, 0.6) is 5.75 Å². The van der Waals surface area contributed by atoms with Crippen molar-refractivity contribution in [3.63, 3.8) is 0 Å². The second-order valence-electron chi connectivity index (χ2n) is 8.64. The summed E-state index contributed by atoms with van der Waals surface area (Å²) in [6, 6.07) is 12.6. The molecule has 2 fully saturated rings. The van der Waals surface area contributed by atoms with Crippen molar-refractivity contribution in [2.75, 3.05) is 39.0 Å². The van der Waals surface area contributed by atoms with Crippen LogP contribution in [-0.4, -0.2) is 70.3 Å². The molecule has 2 aliphatic heterocycles. The molecule has 2 aliphatic rings. The second kappa shape index (κ2) is 9.55. The van der Waals surface area contributed by atoms with Crippen LogP contribution in [0.4, 0.5) is 0 Å². The Kier molecular flexibility index (Phi) is 6.37. The van der Waals surface area contributed by atoms with Gasteiger partial charge in [0.25, 0.3) is 0 Å². The molecule has 0 radical (unpaired) electrons. The van der Waals surface area contributed by atoms with Gasteiger partial charge >= 0.3 is 0 Å². The van der Waals surface area contributed by atoms with Gasteiger partial charge in [-0.25, -0.2) is 4.98 Å². The Morgan fingerprint density at radius 2 is 1.91 bits per heavy atom. The standard InChI is InChI=1S/C25H30N4O2S/c1-32-22-5-6-23-19(16-22)8-15-29(23)24-7-4-21(17-26-24)31-20-9-13-28(14-10-20)25(30)18-27-11-2-3-12-27/h4-8,15-17,20H,2-3,9-14,18H2,1H3. The molecule has 0 spiro atoms. The zero-order chi connectivity index (χ0) is 21.9. The summed E-state index contributed by atoms with van der Waals surface area (Å²) in [6.07, 6.45) is 10.3. The van der Waals surface area contributed by atoms with Crippen LogP contribution in [0.3, 0.4) is 0 Å². The first-order chi connectivity index (χ1) is 15.7. The van der Waals surface area contributed by atoms with E-state index in [4.69, 9.17) is 4.74 Å². The average Bonchev–Trinajstić information content (AvgIpc) is 3.49. The zero-order valence-electron chi connectivity index (χ0n) is 18.6. The number of benzene rings is 1. The first-order valence-corrected chi connectivity index (χ1v) is 12.7. The van der Waals surface area contributed by atoms with Gasteiger partial charge in [0.15, 0.2) is 0 Å². The van der Waals surface area contributed by atoms with Crippen molar-refractivity contribution >= 4 is 28.6 Å². The molecule has 2 aromatic heterocycles.